The largest absolute Gasteiger partial charge is 0.313 e. The summed E-state index contributed by atoms with van der Waals surface area (Å²) in [5.41, 5.74) is 3.79. The van der Waals surface area contributed by atoms with Gasteiger partial charge in [0.2, 0.25) is 0 Å². The molecule has 112 valence electrons. The molecule has 0 aliphatic heterocycles. The first-order valence-corrected chi connectivity index (χ1v) is 8.39. The molecular weight excluding hydrogens is 326 g/mol. The van der Waals surface area contributed by atoms with Crippen LogP contribution in [-0.2, 0) is 13.5 Å². The highest BCUT2D eigenvalue weighted by Crippen LogP contribution is 2.25. The van der Waals surface area contributed by atoms with Crippen LogP contribution >= 0.6 is 15.9 Å². The summed E-state index contributed by atoms with van der Waals surface area (Å²) >= 11 is 3.52. The van der Waals surface area contributed by atoms with Crippen LogP contribution < -0.4 is 5.32 Å². The molecule has 1 fully saturated rings. The lowest BCUT2D eigenvalue weighted by molar-refractivity contribution is 0.557. The summed E-state index contributed by atoms with van der Waals surface area (Å²) in [6.07, 6.45) is 3.69. The number of hydrogen-bond acceptors (Lipinski definition) is 2. The molecule has 2 aromatic rings. The summed E-state index contributed by atoms with van der Waals surface area (Å²) in [7, 11) is 2.04. The zero-order chi connectivity index (χ0) is 14.8. The van der Waals surface area contributed by atoms with Crippen molar-refractivity contribution in [1.29, 1.82) is 0 Å². The number of nitrogens with zero attached hydrogens (tertiary/aromatic N) is 2. The Balaban J connectivity index is 1.77. The van der Waals surface area contributed by atoms with Crippen molar-refractivity contribution >= 4 is 15.9 Å². The maximum absolute atomic E-state index is 4.47. The van der Waals surface area contributed by atoms with E-state index in [1.54, 1.807) is 0 Å². The molecule has 0 saturated heterocycles. The summed E-state index contributed by atoms with van der Waals surface area (Å²) in [6.45, 7) is 3.09. The van der Waals surface area contributed by atoms with Crippen molar-refractivity contribution in [2.24, 2.45) is 7.05 Å². The number of rotatable bonds is 6. The van der Waals surface area contributed by atoms with Gasteiger partial charge >= 0.3 is 0 Å². The van der Waals surface area contributed by atoms with Gasteiger partial charge in [-0.2, -0.15) is 5.10 Å². The molecule has 1 aromatic heterocycles. The molecule has 21 heavy (non-hydrogen) atoms. The standard InChI is InChI=1S/C17H22BrN3/c1-12-9-17(21(2)20-12)10-14(11-19-16-7-8-16)13-3-5-15(18)6-4-13/h3-6,9,14,16,19H,7-8,10-11H2,1-2H3. The lowest BCUT2D eigenvalue weighted by atomic mass is 9.94. The molecule has 1 heterocycles. The zero-order valence-electron chi connectivity index (χ0n) is 12.6. The fraction of sp³-hybridized carbons (Fsp3) is 0.471. The third kappa shape index (κ3) is 3.95. The molecule has 1 saturated carbocycles. The third-order valence-electron chi connectivity index (χ3n) is 4.13. The van der Waals surface area contributed by atoms with Gasteiger partial charge in [0.15, 0.2) is 0 Å². The van der Waals surface area contributed by atoms with Crippen LogP contribution in [0.3, 0.4) is 0 Å². The van der Waals surface area contributed by atoms with Crippen LogP contribution in [-0.4, -0.2) is 22.4 Å². The lowest BCUT2D eigenvalue weighted by Crippen LogP contribution is -2.25. The minimum atomic E-state index is 0.494. The second-order valence-corrected chi connectivity index (χ2v) is 6.95. The van der Waals surface area contributed by atoms with Gasteiger partial charge in [-0.15, -0.1) is 0 Å². The quantitative estimate of drug-likeness (QED) is 0.865. The molecular formula is C17H22BrN3. The van der Waals surface area contributed by atoms with Gasteiger partial charge in [-0.05, 0) is 49.9 Å². The summed E-state index contributed by atoms with van der Waals surface area (Å²) in [5, 5.41) is 8.14. The average molecular weight is 348 g/mol. The molecule has 1 aliphatic carbocycles. The Labute approximate surface area is 134 Å². The van der Waals surface area contributed by atoms with E-state index in [1.165, 1.54) is 24.1 Å². The maximum atomic E-state index is 4.47. The fourth-order valence-corrected chi connectivity index (χ4v) is 3.01. The summed E-state index contributed by atoms with van der Waals surface area (Å²) in [6, 6.07) is 11.7. The average Bonchev–Trinajstić information content (AvgIpc) is 3.22. The van der Waals surface area contributed by atoms with Gasteiger partial charge in [0.05, 0.1) is 5.69 Å². The number of aromatic nitrogens is 2. The van der Waals surface area contributed by atoms with E-state index >= 15 is 0 Å². The molecule has 0 bridgehead atoms. The highest BCUT2D eigenvalue weighted by molar-refractivity contribution is 9.10. The Morgan fingerprint density at radius 3 is 2.62 bits per heavy atom. The minimum absolute atomic E-state index is 0.494. The van der Waals surface area contributed by atoms with Gasteiger partial charge in [-0.25, -0.2) is 0 Å². The number of halogens is 1. The monoisotopic (exact) mass is 347 g/mol. The fourth-order valence-electron chi connectivity index (χ4n) is 2.75. The second kappa shape index (κ2) is 6.32. The van der Waals surface area contributed by atoms with Crippen LogP contribution in [0.4, 0.5) is 0 Å². The van der Waals surface area contributed by atoms with Crippen molar-refractivity contribution in [2.75, 3.05) is 6.54 Å². The predicted octanol–water partition coefficient (Wildman–Crippen LogP) is 3.57. The summed E-state index contributed by atoms with van der Waals surface area (Å²) in [5.74, 6) is 0.494. The van der Waals surface area contributed by atoms with Gasteiger partial charge in [-0.3, -0.25) is 4.68 Å². The molecule has 1 aromatic carbocycles. The zero-order valence-corrected chi connectivity index (χ0v) is 14.2. The first kappa shape index (κ1) is 14.8. The molecule has 3 rings (SSSR count). The highest BCUT2D eigenvalue weighted by Gasteiger charge is 2.23. The van der Waals surface area contributed by atoms with Crippen molar-refractivity contribution in [3.8, 4) is 0 Å². The van der Waals surface area contributed by atoms with Crippen LogP contribution in [0, 0.1) is 6.92 Å². The van der Waals surface area contributed by atoms with E-state index in [4.69, 9.17) is 0 Å². The lowest BCUT2D eigenvalue weighted by Gasteiger charge is -2.18. The first-order valence-electron chi connectivity index (χ1n) is 7.60. The van der Waals surface area contributed by atoms with Gasteiger partial charge in [0, 0.05) is 35.7 Å². The second-order valence-electron chi connectivity index (χ2n) is 6.04. The molecule has 4 heteroatoms. The van der Waals surface area contributed by atoms with Crippen molar-refractivity contribution in [1.82, 2.24) is 15.1 Å². The van der Waals surface area contributed by atoms with E-state index in [0.717, 1.165) is 29.2 Å². The Kier molecular flexibility index (Phi) is 4.45. The SMILES string of the molecule is Cc1cc(CC(CNC2CC2)c2ccc(Br)cc2)n(C)n1. The van der Waals surface area contributed by atoms with Gasteiger partial charge in [-0.1, -0.05) is 28.1 Å². The molecule has 3 nitrogen and oxygen atoms in total. The molecule has 0 spiro atoms. The molecule has 1 N–H and O–H groups in total. The molecule has 0 radical (unpaired) electrons. The summed E-state index contributed by atoms with van der Waals surface area (Å²) in [4.78, 5) is 0. The number of benzene rings is 1. The number of aryl methyl sites for hydroxylation is 2. The molecule has 0 amide bonds. The van der Waals surface area contributed by atoms with Crippen LogP contribution in [0.15, 0.2) is 34.8 Å². The van der Waals surface area contributed by atoms with Crippen molar-refractivity contribution in [2.45, 2.75) is 38.1 Å². The van der Waals surface area contributed by atoms with E-state index < -0.39 is 0 Å². The van der Waals surface area contributed by atoms with Crippen molar-refractivity contribution in [3.63, 3.8) is 0 Å². The van der Waals surface area contributed by atoms with Crippen molar-refractivity contribution in [3.05, 3.63) is 51.8 Å². The topological polar surface area (TPSA) is 29.9 Å². The minimum Gasteiger partial charge on any atom is -0.313 e. The Hall–Kier alpha value is -1.13. The van der Waals surface area contributed by atoms with Crippen LogP contribution in [0.1, 0.15) is 35.7 Å². The number of nitrogens with one attached hydrogen (secondary N) is 1. The third-order valence-corrected chi connectivity index (χ3v) is 4.65. The van der Waals surface area contributed by atoms with E-state index in [9.17, 15) is 0 Å². The van der Waals surface area contributed by atoms with Crippen LogP contribution in [0.2, 0.25) is 0 Å². The summed E-state index contributed by atoms with van der Waals surface area (Å²) < 4.78 is 3.15. The molecule has 1 aliphatic rings. The molecule has 1 atom stereocenters. The van der Waals surface area contributed by atoms with Crippen LogP contribution in [0.25, 0.3) is 0 Å². The molecule has 1 unspecified atom stereocenters. The highest BCUT2D eigenvalue weighted by atomic mass is 79.9. The van der Waals surface area contributed by atoms with Crippen LogP contribution in [0.5, 0.6) is 0 Å². The Bertz CT molecular complexity index is 599. The van der Waals surface area contributed by atoms with E-state index in [2.05, 4.69) is 63.6 Å². The predicted molar refractivity (Wildman–Crippen MR) is 89.6 cm³/mol. The first-order chi connectivity index (χ1) is 10.1. The number of hydrogen-bond donors (Lipinski definition) is 1. The smallest absolute Gasteiger partial charge is 0.0596 e. The van der Waals surface area contributed by atoms with E-state index in [0.29, 0.717) is 5.92 Å². The van der Waals surface area contributed by atoms with Gasteiger partial charge < -0.3 is 5.32 Å². The van der Waals surface area contributed by atoms with Crippen molar-refractivity contribution < 1.29 is 0 Å². The van der Waals surface area contributed by atoms with Gasteiger partial charge in [0.25, 0.3) is 0 Å². The Morgan fingerprint density at radius 1 is 1.33 bits per heavy atom. The Morgan fingerprint density at radius 2 is 2.05 bits per heavy atom. The van der Waals surface area contributed by atoms with E-state index in [1.807, 2.05) is 11.7 Å². The maximum Gasteiger partial charge on any atom is 0.0596 e. The normalized spacial score (nSPS) is 16.1. The van der Waals surface area contributed by atoms with Gasteiger partial charge in [0.1, 0.15) is 0 Å². The van der Waals surface area contributed by atoms with E-state index in [-0.39, 0.29) is 0 Å².